The Balaban J connectivity index is 1.38. The Morgan fingerprint density at radius 1 is 0.647 bits per heavy atom. The van der Waals surface area contributed by atoms with Gasteiger partial charge in [0.1, 0.15) is 0 Å². The maximum absolute atomic E-state index is 12.2. The normalized spacial score (nSPS) is 11.0. The molecule has 1 heterocycles. The lowest BCUT2D eigenvalue weighted by atomic mass is 10.0. The van der Waals surface area contributed by atoms with Crippen LogP contribution in [0.1, 0.15) is 126 Å². The molecule has 0 radical (unpaired) electrons. The van der Waals surface area contributed by atoms with Gasteiger partial charge in [0, 0.05) is 17.7 Å². The van der Waals surface area contributed by atoms with E-state index in [0.717, 1.165) is 19.4 Å². The van der Waals surface area contributed by atoms with Crippen molar-refractivity contribution in [2.75, 3.05) is 6.61 Å². The van der Waals surface area contributed by atoms with Crippen molar-refractivity contribution in [3.63, 3.8) is 0 Å². The second kappa shape index (κ2) is 19.2. The highest BCUT2D eigenvalue weighted by atomic mass is 16.5. The molecule has 0 bridgehead atoms. The van der Waals surface area contributed by atoms with Gasteiger partial charge in [0.05, 0.1) is 12.2 Å². The average Bonchev–Trinajstić information content (AvgIpc) is 2.87. The fraction of sp³-hybridized carbons (Fsp3) is 0.613. The van der Waals surface area contributed by atoms with Crippen LogP contribution in [0.25, 0.3) is 0 Å². The summed E-state index contributed by atoms with van der Waals surface area (Å²) in [6, 6.07) is 13.8. The molecule has 0 saturated heterocycles. The van der Waals surface area contributed by atoms with Crippen molar-refractivity contribution in [2.45, 2.75) is 116 Å². The largest absolute Gasteiger partial charge is 0.462 e. The maximum Gasteiger partial charge on any atom is 0.338 e. The Morgan fingerprint density at radius 3 is 1.62 bits per heavy atom. The summed E-state index contributed by atoms with van der Waals surface area (Å²) < 4.78 is 7.58. The SMILES string of the molecule is CCCCCCCCCCCCCCCCCCOC(=O)c1ccc(C[n+]2ccccc2)cc1. The van der Waals surface area contributed by atoms with Gasteiger partial charge in [0.25, 0.3) is 0 Å². The van der Waals surface area contributed by atoms with Crippen LogP contribution in [0, 0.1) is 0 Å². The second-order valence-electron chi connectivity index (χ2n) is 9.68. The van der Waals surface area contributed by atoms with Crippen LogP contribution < -0.4 is 4.57 Å². The number of pyridine rings is 1. The van der Waals surface area contributed by atoms with Crippen molar-refractivity contribution >= 4 is 5.97 Å². The Bertz CT molecular complexity index is 742. The van der Waals surface area contributed by atoms with E-state index in [0.29, 0.717) is 12.2 Å². The van der Waals surface area contributed by atoms with Crippen molar-refractivity contribution in [1.29, 1.82) is 0 Å². The van der Waals surface area contributed by atoms with Crippen molar-refractivity contribution < 1.29 is 14.1 Å². The zero-order valence-electron chi connectivity index (χ0n) is 21.7. The van der Waals surface area contributed by atoms with Crippen molar-refractivity contribution in [2.24, 2.45) is 0 Å². The molecule has 3 heteroatoms. The first kappa shape index (κ1) is 28.1. The fourth-order valence-corrected chi connectivity index (χ4v) is 4.40. The van der Waals surface area contributed by atoms with E-state index in [1.807, 2.05) is 54.9 Å². The molecule has 0 unspecified atom stereocenters. The number of benzene rings is 1. The van der Waals surface area contributed by atoms with Gasteiger partial charge in [0.2, 0.25) is 0 Å². The van der Waals surface area contributed by atoms with E-state index in [4.69, 9.17) is 4.74 Å². The highest BCUT2D eigenvalue weighted by molar-refractivity contribution is 5.89. The van der Waals surface area contributed by atoms with Crippen LogP contribution in [0.2, 0.25) is 0 Å². The number of hydrogen-bond donors (Lipinski definition) is 0. The van der Waals surface area contributed by atoms with E-state index >= 15 is 0 Å². The molecule has 2 aromatic rings. The summed E-state index contributed by atoms with van der Waals surface area (Å²) in [7, 11) is 0. The number of aromatic nitrogens is 1. The second-order valence-corrected chi connectivity index (χ2v) is 9.68. The summed E-state index contributed by atoms with van der Waals surface area (Å²) >= 11 is 0. The molecule has 2 rings (SSSR count). The number of esters is 1. The molecule has 1 aromatic carbocycles. The van der Waals surface area contributed by atoms with E-state index in [9.17, 15) is 4.79 Å². The van der Waals surface area contributed by atoms with E-state index in [2.05, 4.69) is 11.5 Å². The molecule has 1 aromatic heterocycles. The van der Waals surface area contributed by atoms with Gasteiger partial charge >= 0.3 is 5.97 Å². The number of carbonyl (C=O) groups is 1. The molecule has 0 amide bonds. The third-order valence-electron chi connectivity index (χ3n) is 6.56. The summed E-state index contributed by atoms with van der Waals surface area (Å²) in [6.07, 6.45) is 25.7. The zero-order chi connectivity index (χ0) is 24.1. The van der Waals surface area contributed by atoms with Crippen LogP contribution in [0.4, 0.5) is 0 Å². The van der Waals surface area contributed by atoms with Gasteiger partial charge in [-0.15, -0.1) is 0 Å². The monoisotopic (exact) mass is 466 g/mol. The zero-order valence-corrected chi connectivity index (χ0v) is 21.7. The summed E-state index contributed by atoms with van der Waals surface area (Å²) in [6.45, 7) is 3.61. The van der Waals surface area contributed by atoms with Crippen LogP contribution in [-0.2, 0) is 11.3 Å². The van der Waals surface area contributed by atoms with Crippen LogP contribution >= 0.6 is 0 Å². The lowest BCUT2D eigenvalue weighted by Gasteiger charge is -2.06. The van der Waals surface area contributed by atoms with E-state index in [1.165, 1.54) is 95.5 Å². The first-order valence-corrected chi connectivity index (χ1v) is 14.0. The fourth-order valence-electron chi connectivity index (χ4n) is 4.40. The molecule has 188 valence electrons. The van der Waals surface area contributed by atoms with Crippen LogP contribution in [0.15, 0.2) is 54.9 Å². The van der Waals surface area contributed by atoms with Crippen molar-refractivity contribution in [3.05, 3.63) is 66.0 Å². The molecule has 34 heavy (non-hydrogen) atoms. The first-order valence-electron chi connectivity index (χ1n) is 14.0. The number of unbranched alkanes of at least 4 members (excludes halogenated alkanes) is 15. The smallest absolute Gasteiger partial charge is 0.338 e. The molecule has 0 fully saturated rings. The van der Waals surface area contributed by atoms with Crippen molar-refractivity contribution in [3.8, 4) is 0 Å². The molecule has 0 aliphatic carbocycles. The molecule has 3 nitrogen and oxygen atoms in total. The van der Waals surface area contributed by atoms with E-state index in [-0.39, 0.29) is 5.97 Å². The molecule has 0 saturated carbocycles. The first-order chi connectivity index (χ1) is 16.8. The lowest BCUT2D eigenvalue weighted by molar-refractivity contribution is -0.688. The number of ether oxygens (including phenoxy) is 1. The highest BCUT2D eigenvalue weighted by Crippen LogP contribution is 2.14. The predicted octanol–water partition coefficient (Wildman–Crippen LogP) is 8.44. The minimum Gasteiger partial charge on any atom is -0.462 e. The van der Waals surface area contributed by atoms with Gasteiger partial charge in [-0.3, -0.25) is 0 Å². The van der Waals surface area contributed by atoms with Gasteiger partial charge in [-0.05, 0) is 18.6 Å². The minimum atomic E-state index is -0.208. The molecular formula is C31H48NO2+. The van der Waals surface area contributed by atoms with Crippen LogP contribution in [0.5, 0.6) is 0 Å². The minimum absolute atomic E-state index is 0.208. The van der Waals surface area contributed by atoms with Gasteiger partial charge in [0.15, 0.2) is 18.9 Å². The average molecular weight is 467 g/mol. The highest BCUT2D eigenvalue weighted by Gasteiger charge is 2.08. The lowest BCUT2D eigenvalue weighted by Crippen LogP contribution is -2.32. The summed E-state index contributed by atoms with van der Waals surface area (Å²) in [5.74, 6) is -0.208. The summed E-state index contributed by atoms with van der Waals surface area (Å²) in [5.41, 5.74) is 1.81. The van der Waals surface area contributed by atoms with Gasteiger partial charge in [-0.1, -0.05) is 121 Å². The summed E-state index contributed by atoms with van der Waals surface area (Å²) in [5, 5.41) is 0. The van der Waals surface area contributed by atoms with Crippen molar-refractivity contribution in [1.82, 2.24) is 0 Å². The standard InChI is InChI=1S/C31H48NO2/c1-2-3-4-5-6-7-8-9-10-11-12-13-14-15-16-20-27-34-31(33)30-23-21-29(22-24-30)28-32-25-18-17-19-26-32/h17-19,21-26H,2-16,20,27-28H2,1H3/q+1. The topological polar surface area (TPSA) is 30.2 Å². The maximum atomic E-state index is 12.2. The number of carbonyl (C=O) groups excluding carboxylic acids is 1. The number of hydrogen-bond acceptors (Lipinski definition) is 2. The Kier molecular flexibility index (Phi) is 15.8. The predicted molar refractivity (Wildman–Crippen MR) is 142 cm³/mol. The molecule has 0 N–H and O–H groups in total. The van der Waals surface area contributed by atoms with Crippen LogP contribution in [0.3, 0.4) is 0 Å². The molecule has 0 atom stereocenters. The third-order valence-corrected chi connectivity index (χ3v) is 6.56. The molecule has 0 spiro atoms. The van der Waals surface area contributed by atoms with E-state index in [1.54, 1.807) is 0 Å². The quantitative estimate of drug-likeness (QED) is 0.111. The van der Waals surface area contributed by atoms with E-state index < -0.39 is 0 Å². The Labute approximate surface area is 208 Å². The van der Waals surface area contributed by atoms with Gasteiger partial charge < -0.3 is 4.74 Å². The number of nitrogens with zero attached hydrogens (tertiary/aromatic N) is 1. The Hall–Kier alpha value is -2.16. The molecule has 0 aliphatic rings. The van der Waals surface area contributed by atoms with Gasteiger partial charge in [-0.25, -0.2) is 9.36 Å². The third kappa shape index (κ3) is 13.5. The number of rotatable bonds is 20. The van der Waals surface area contributed by atoms with Crippen LogP contribution in [-0.4, -0.2) is 12.6 Å². The molecule has 0 aliphatic heterocycles. The molecular weight excluding hydrogens is 418 g/mol. The summed E-state index contributed by atoms with van der Waals surface area (Å²) in [4.78, 5) is 12.2. The van der Waals surface area contributed by atoms with Gasteiger partial charge in [-0.2, -0.15) is 0 Å². The Morgan fingerprint density at radius 2 is 1.12 bits per heavy atom.